The average Bonchev–Trinajstić information content (AvgIpc) is 2.50. The Kier molecular flexibility index (Phi) is 6.98. The van der Waals surface area contributed by atoms with Crippen molar-refractivity contribution in [2.75, 3.05) is 6.61 Å². The summed E-state index contributed by atoms with van der Waals surface area (Å²) in [5.41, 5.74) is 6.10. The minimum atomic E-state index is -0.651. The summed E-state index contributed by atoms with van der Waals surface area (Å²) in [6, 6.07) is 3.50. The second-order valence-corrected chi connectivity index (χ2v) is 5.74. The van der Waals surface area contributed by atoms with E-state index in [1.54, 1.807) is 45.3 Å². The number of nitrogens with zero attached hydrogens (tertiary/aromatic N) is 2. The van der Waals surface area contributed by atoms with Crippen molar-refractivity contribution in [3.8, 4) is 0 Å². The molecule has 1 amide bonds. The summed E-state index contributed by atoms with van der Waals surface area (Å²) in [5.74, 6) is 0.272. The van der Waals surface area contributed by atoms with Crippen LogP contribution in [0.4, 0.5) is 10.5 Å². The molecule has 0 unspecified atom stereocenters. The maximum atomic E-state index is 12.0. The average molecular weight is 332 g/mol. The van der Waals surface area contributed by atoms with Gasteiger partial charge in [0.15, 0.2) is 0 Å². The van der Waals surface area contributed by atoms with Crippen molar-refractivity contribution in [3.05, 3.63) is 48.8 Å². The largest absolute Gasteiger partial charge is 0.492 e. The monoisotopic (exact) mass is 332 g/mol. The number of hydrogen-bond acceptors (Lipinski definition) is 6. The number of nitrogens with two attached hydrogens (primary N) is 1. The number of rotatable bonds is 6. The summed E-state index contributed by atoms with van der Waals surface area (Å²) in [4.78, 5) is 20.4. The van der Waals surface area contributed by atoms with Crippen molar-refractivity contribution in [3.63, 3.8) is 0 Å². The van der Waals surface area contributed by atoms with E-state index < -0.39 is 11.7 Å². The highest BCUT2D eigenvalue weighted by atomic mass is 16.6. The van der Waals surface area contributed by atoms with E-state index in [1.165, 1.54) is 6.20 Å². The lowest BCUT2D eigenvalue weighted by Crippen LogP contribution is -2.35. The molecule has 0 atom stereocenters. The summed E-state index contributed by atoms with van der Waals surface area (Å²) in [6.07, 6.45) is 3.76. The lowest BCUT2D eigenvalue weighted by atomic mass is 10.2. The van der Waals surface area contributed by atoms with Crippen molar-refractivity contribution >= 4 is 17.5 Å². The van der Waals surface area contributed by atoms with Gasteiger partial charge in [-0.2, -0.15) is 0 Å². The first-order chi connectivity index (χ1) is 11.3. The van der Waals surface area contributed by atoms with Gasteiger partial charge in [0.2, 0.25) is 0 Å². The fourth-order valence-electron chi connectivity index (χ4n) is 1.66. The molecule has 1 rings (SSSR count). The number of pyridine rings is 1. The third-order valence-corrected chi connectivity index (χ3v) is 2.53. The normalized spacial score (nSPS) is 12.5. The number of aliphatic imine (C=N–C) groups is 1. The molecule has 0 aliphatic rings. The Hall–Kier alpha value is -2.83. The highest BCUT2D eigenvalue weighted by molar-refractivity contribution is 6.12. The van der Waals surface area contributed by atoms with Crippen LogP contribution < -0.4 is 11.1 Å². The minimum Gasteiger partial charge on any atom is -0.492 e. The Morgan fingerprint density at radius 3 is 2.71 bits per heavy atom. The lowest BCUT2D eigenvalue weighted by molar-refractivity contribution is 0.0549. The molecule has 7 heteroatoms. The molecule has 3 N–H and O–H groups in total. The van der Waals surface area contributed by atoms with Gasteiger partial charge in [0, 0.05) is 12.4 Å². The van der Waals surface area contributed by atoms with Crippen LogP contribution in [0.3, 0.4) is 0 Å². The van der Waals surface area contributed by atoms with Gasteiger partial charge < -0.3 is 15.2 Å². The van der Waals surface area contributed by atoms with Gasteiger partial charge in [0.1, 0.15) is 17.1 Å². The fraction of sp³-hybridized carbons (Fsp3) is 0.353. The number of aromatic nitrogens is 1. The Morgan fingerprint density at radius 1 is 1.50 bits per heavy atom. The molecular weight excluding hydrogens is 308 g/mol. The lowest BCUT2D eigenvalue weighted by Gasteiger charge is -2.21. The van der Waals surface area contributed by atoms with E-state index in [4.69, 9.17) is 15.2 Å². The van der Waals surface area contributed by atoms with Crippen LogP contribution in [0, 0.1) is 0 Å². The maximum Gasteiger partial charge on any atom is 0.412 e. The number of nitrogens with one attached hydrogen (secondary N) is 1. The van der Waals surface area contributed by atoms with Gasteiger partial charge in [-0.05, 0) is 39.8 Å². The van der Waals surface area contributed by atoms with Gasteiger partial charge in [-0.25, -0.2) is 9.79 Å². The van der Waals surface area contributed by atoms with Crippen LogP contribution in [-0.2, 0) is 9.47 Å². The van der Waals surface area contributed by atoms with Crippen LogP contribution in [0.5, 0.6) is 0 Å². The molecule has 24 heavy (non-hydrogen) atoms. The van der Waals surface area contributed by atoms with Gasteiger partial charge in [-0.1, -0.05) is 6.58 Å². The van der Waals surface area contributed by atoms with Crippen LogP contribution in [-0.4, -0.2) is 29.0 Å². The second-order valence-electron chi connectivity index (χ2n) is 5.74. The zero-order valence-corrected chi connectivity index (χ0v) is 14.5. The molecule has 0 fully saturated rings. The molecule has 0 aliphatic heterocycles. The summed E-state index contributed by atoms with van der Waals surface area (Å²) >= 11 is 0. The molecule has 0 aromatic carbocycles. The van der Waals surface area contributed by atoms with Crippen LogP contribution in [0.1, 0.15) is 27.7 Å². The highest BCUT2D eigenvalue weighted by Crippen LogP contribution is 2.15. The Bertz CT molecular complexity index is 631. The van der Waals surface area contributed by atoms with E-state index in [1.807, 2.05) is 6.92 Å². The van der Waals surface area contributed by atoms with E-state index in [2.05, 4.69) is 21.9 Å². The number of carbonyl (C=O) groups is 1. The number of carbonyl (C=O) groups excluding carboxylic acids is 1. The predicted molar refractivity (Wildman–Crippen MR) is 93.7 cm³/mol. The number of ether oxygens (including phenoxy) is 2. The van der Waals surface area contributed by atoms with E-state index in [9.17, 15) is 4.79 Å². The Labute approximate surface area is 142 Å². The van der Waals surface area contributed by atoms with Gasteiger partial charge in [-0.3, -0.25) is 10.3 Å². The molecule has 0 saturated carbocycles. The number of hydrogen-bond donors (Lipinski definition) is 2. The van der Waals surface area contributed by atoms with Crippen LogP contribution >= 0.6 is 0 Å². The smallest absolute Gasteiger partial charge is 0.412 e. The quantitative estimate of drug-likeness (QED) is 0.616. The van der Waals surface area contributed by atoms with Gasteiger partial charge >= 0.3 is 6.09 Å². The van der Waals surface area contributed by atoms with E-state index in [0.29, 0.717) is 18.0 Å². The molecule has 1 heterocycles. The van der Waals surface area contributed by atoms with E-state index in [-0.39, 0.29) is 11.5 Å². The predicted octanol–water partition coefficient (Wildman–Crippen LogP) is 3.03. The van der Waals surface area contributed by atoms with Crippen molar-refractivity contribution < 1.29 is 14.3 Å². The Morgan fingerprint density at radius 2 is 2.21 bits per heavy atom. The minimum absolute atomic E-state index is 0.228. The Balaban J connectivity index is 3.10. The van der Waals surface area contributed by atoms with Gasteiger partial charge in [0.25, 0.3) is 0 Å². The molecule has 1 aromatic heterocycles. The third-order valence-electron chi connectivity index (χ3n) is 2.53. The van der Waals surface area contributed by atoms with Crippen LogP contribution in [0.15, 0.2) is 53.8 Å². The van der Waals surface area contributed by atoms with Gasteiger partial charge in [0.05, 0.1) is 24.2 Å². The van der Waals surface area contributed by atoms with Gasteiger partial charge in [-0.15, -0.1) is 0 Å². The number of amides is 1. The summed E-state index contributed by atoms with van der Waals surface area (Å²) in [6.45, 7) is 11.3. The zero-order valence-electron chi connectivity index (χ0n) is 14.5. The molecule has 0 spiro atoms. The molecule has 1 aromatic rings. The highest BCUT2D eigenvalue weighted by Gasteiger charge is 2.20. The standard InChI is InChI=1S/C17H24N4O3/c1-6-23-12(2)15(20-13-8-7-9-19-11-13)14(10-18)21-16(22)24-17(3,4)5/h7-11H,2,6,18H2,1,3-5H3,(H,21,22). The fourth-order valence-corrected chi connectivity index (χ4v) is 1.66. The summed E-state index contributed by atoms with van der Waals surface area (Å²) in [7, 11) is 0. The first-order valence-electron chi connectivity index (χ1n) is 7.50. The summed E-state index contributed by atoms with van der Waals surface area (Å²) < 4.78 is 10.6. The van der Waals surface area contributed by atoms with Crippen LogP contribution in [0.25, 0.3) is 0 Å². The molecule has 0 aliphatic carbocycles. The van der Waals surface area contributed by atoms with Crippen molar-refractivity contribution in [2.45, 2.75) is 33.3 Å². The molecule has 0 bridgehead atoms. The molecule has 0 radical (unpaired) electrons. The molecule has 7 nitrogen and oxygen atoms in total. The first-order valence-corrected chi connectivity index (χ1v) is 7.50. The second kappa shape index (κ2) is 8.71. The maximum absolute atomic E-state index is 12.0. The molecule has 130 valence electrons. The first kappa shape index (κ1) is 19.2. The topological polar surface area (TPSA) is 98.8 Å². The third kappa shape index (κ3) is 6.51. The molecule has 0 saturated heterocycles. The van der Waals surface area contributed by atoms with Crippen molar-refractivity contribution in [1.29, 1.82) is 0 Å². The van der Waals surface area contributed by atoms with E-state index in [0.717, 1.165) is 0 Å². The zero-order chi connectivity index (χ0) is 18.2. The van der Waals surface area contributed by atoms with Crippen LogP contribution in [0.2, 0.25) is 0 Å². The van der Waals surface area contributed by atoms with E-state index >= 15 is 0 Å². The molecular formula is C17H24N4O3. The van der Waals surface area contributed by atoms with Crippen molar-refractivity contribution in [2.24, 2.45) is 10.7 Å². The number of alkyl carbamates (subject to hydrolysis) is 1. The van der Waals surface area contributed by atoms with Crippen molar-refractivity contribution in [1.82, 2.24) is 10.3 Å². The SMILES string of the molecule is C=C(OCC)C(=Nc1cccnc1)C(=CN)NC(=O)OC(C)(C)C. The summed E-state index contributed by atoms with van der Waals surface area (Å²) in [5, 5.41) is 2.57.